The highest BCUT2D eigenvalue weighted by Crippen LogP contribution is 2.45. The van der Waals surface area contributed by atoms with Gasteiger partial charge in [0.05, 0.1) is 26.4 Å². The second kappa shape index (κ2) is 71.0. The Labute approximate surface area is 619 Å². The zero-order valence-corrected chi connectivity index (χ0v) is 68.3. The van der Waals surface area contributed by atoms with Gasteiger partial charge in [0.25, 0.3) is 0 Å². The molecule has 0 bridgehead atoms. The van der Waals surface area contributed by atoms with E-state index in [4.69, 9.17) is 37.0 Å². The maximum atomic E-state index is 13.1. The first-order chi connectivity index (χ1) is 48.7. The van der Waals surface area contributed by atoms with Crippen molar-refractivity contribution in [3.05, 3.63) is 0 Å². The van der Waals surface area contributed by atoms with Crippen LogP contribution in [0.25, 0.3) is 0 Å². The third-order valence-corrected chi connectivity index (χ3v) is 21.7. The zero-order chi connectivity index (χ0) is 74.6. The molecule has 0 heterocycles. The Morgan fingerprint density at radius 3 is 0.703 bits per heavy atom. The summed E-state index contributed by atoms with van der Waals surface area (Å²) in [4.78, 5) is 73.0. The summed E-state index contributed by atoms with van der Waals surface area (Å²) in [6.45, 7) is 14.3. The van der Waals surface area contributed by atoms with E-state index in [0.29, 0.717) is 25.7 Å². The van der Waals surface area contributed by atoms with E-state index >= 15 is 0 Å². The lowest BCUT2D eigenvalue weighted by Crippen LogP contribution is -2.30. The minimum atomic E-state index is -4.96. The molecule has 0 aromatic heterocycles. The molecule has 0 spiro atoms. The highest BCUT2D eigenvalue weighted by molar-refractivity contribution is 7.47. The number of unbranched alkanes of at least 4 members (excludes halogenated alkanes) is 43. The molecular weight excluding hydrogens is 1320 g/mol. The van der Waals surface area contributed by atoms with Gasteiger partial charge in [-0.2, -0.15) is 0 Å². The van der Waals surface area contributed by atoms with Gasteiger partial charge in [-0.1, -0.05) is 370 Å². The van der Waals surface area contributed by atoms with Gasteiger partial charge in [-0.25, -0.2) is 9.13 Å². The summed E-state index contributed by atoms with van der Waals surface area (Å²) in [7, 11) is -9.92. The summed E-state index contributed by atoms with van der Waals surface area (Å²) in [6.07, 6.45) is 58.3. The number of hydrogen-bond donors (Lipinski definition) is 3. The van der Waals surface area contributed by atoms with Crippen molar-refractivity contribution in [3.63, 3.8) is 0 Å². The molecule has 0 aromatic carbocycles. The van der Waals surface area contributed by atoms with Crippen LogP contribution in [-0.4, -0.2) is 96.7 Å². The van der Waals surface area contributed by atoms with Gasteiger partial charge in [0.15, 0.2) is 12.2 Å². The Morgan fingerprint density at radius 1 is 0.277 bits per heavy atom. The molecule has 0 aliphatic carbocycles. The van der Waals surface area contributed by atoms with Crippen LogP contribution >= 0.6 is 15.6 Å². The molecule has 0 rings (SSSR count). The van der Waals surface area contributed by atoms with Crippen LogP contribution in [-0.2, 0) is 65.4 Å². The van der Waals surface area contributed by atoms with Crippen molar-refractivity contribution in [2.75, 3.05) is 39.6 Å². The molecule has 0 radical (unpaired) electrons. The largest absolute Gasteiger partial charge is 0.472 e. The quantitative estimate of drug-likeness (QED) is 0.0222. The van der Waals surface area contributed by atoms with Gasteiger partial charge in [0, 0.05) is 25.7 Å². The van der Waals surface area contributed by atoms with Crippen LogP contribution in [0.1, 0.15) is 421 Å². The predicted molar refractivity (Wildman–Crippen MR) is 414 cm³/mol. The van der Waals surface area contributed by atoms with E-state index in [-0.39, 0.29) is 25.7 Å². The average molecular weight is 1480 g/mol. The second-order valence-corrected chi connectivity index (χ2v) is 33.9. The molecule has 19 heteroatoms. The van der Waals surface area contributed by atoms with E-state index in [9.17, 15) is 43.2 Å². The monoisotopic (exact) mass is 1480 g/mol. The van der Waals surface area contributed by atoms with Gasteiger partial charge in [-0.05, 0) is 49.4 Å². The number of ether oxygens (including phenoxy) is 4. The highest BCUT2D eigenvalue weighted by Gasteiger charge is 2.30. The molecule has 0 fully saturated rings. The number of phosphoric acid groups is 2. The molecule has 0 aliphatic heterocycles. The van der Waals surface area contributed by atoms with Crippen molar-refractivity contribution < 1.29 is 80.2 Å². The van der Waals surface area contributed by atoms with E-state index in [0.717, 1.165) is 120 Å². The van der Waals surface area contributed by atoms with Crippen LogP contribution < -0.4 is 0 Å². The lowest BCUT2D eigenvalue weighted by Gasteiger charge is -2.21. The number of carbonyl (C=O) groups is 4. The number of aliphatic hydroxyl groups is 1. The lowest BCUT2D eigenvalue weighted by atomic mass is 9.99. The maximum absolute atomic E-state index is 13.1. The predicted octanol–water partition coefficient (Wildman–Crippen LogP) is 24.4. The molecule has 3 N–H and O–H groups in total. The van der Waals surface area contributed by atoms with Gasteiger partial charge in [-0.3, -0.25) is 37.3 Å². The van der Waals surface area contributed by atoms with Crippen LogP contribution in [0.3, 0.4) is 0 Å². The van der Waals surface area contributed by atoms with E-state index < -0.39 is 97.5 Å². The summed E-state index contributed by atoms with van der Waals surface area (Å²) >= 11 is 0. The van der Waals surface area contributed by atoms with Crippen LogP contribution in [0.5, 0.6) is 0 Å². The summed E-state index contributed by atoms with van der Waals surface area (Å²) < 4.78 is 68.7. The fourth-order valence-electron chi connectivity index (χ4n) is 12.5. The Morgan fingerprint density at radius 2 is 0.475 bits per heavy atom. The van der Waals surface area contributed by atoms with Crippen LogP contribution in [0.4, 0.5) is 0 Å². The molecule has 101 heavy (non-hydrogen) atoms. The van der Waals surface area contributed by atoms with Gasteiger partial charge in [0.2, 0.25) is 0 Å². The van der Waals surface area contributed by atoms with Crippen LogP contribution in [0.15, 0.2) is 0 Å². The fourth-order valence-corrected chi connectivity index (χ4v) is 14.1. The molecule has 0 aliphatic rings. The molecule has 0 amide bonds. The Kier molecular flexibility index (Phi) is 69.6. The first-order valence-electron chi connectivity index (χ1n) is 42.3. The summed E-state index contributed by atoms with van der Waals surface area (Å²) in [5, 5.41) is 10.6. The highest BCUT2D eigenvalue weighted by atomic mass is 31.2. The molecule has 17 nitrogen and oxygen atoms in total. The van der Waals surface area contributed by atoms with Crippen molar-refractivity contribution in [2.45, 2.75) is 440 Å². The summed E-state index contributed by atoms with van der Waals surface area (Å²) in [6, 6.07) is 0. The summed E-state index contributed by atoms with van der Waals surface area (Å²) in [5.74, 6) is 1.03. The van der Waals surface area contributed by atoms with E-state index in [1.165, 1.54) is 218 Å². The third kappa shape index (κ3) is 73.4. The Balaban J connectivity index is 5.20. The molecular formula is C82H160O17P2. The van der Waals surface area contributed by atoms with E-state index in [2.05, 4.69) is 55.4 Å². The maximum Gasteiger partial charge on any atom is 0.472 e. The fraction of sp³-hybridized carbons (Fsp3) is 0.951. The topological polar surface area (TPSA) is 237 Å². The Bertz CT molecular complexity index is 1980. The lowest BCUT2D eigenvalue weighted by molar-refractivity contribution is -0.161. The number of esters is 4. The van der Waals surface area contributed by atoms with Gasteiger partial charge in [-0.15, -0.1) is 0 Å². The summed E-state index contributed by atoms with van der Waals surface area (Å²) in [5.41, 5.74) is 0. The van der Waals surface area contributed by atoms with Crippen molar-refractivity contribution in [1.29, 1.82) is 0 Å². The normalized spacial score (nSPS) is 14.5. The number of rotatable bonds is 79. The minimum absolute atomic E-state index is 0.107. The SMILES string of the molecule is CCC(C)CCCCCCCCCCCCCCCCCCCCC(=O)O[C@H](COC(=O)CCCCCCCCC(C)CC)COP(=O)(O)OC[C@H](O)COP(=O)(O)OC[C@@H](COC(=O)CCCCCCCCCCCCC(C)C)OC(=O)CCCCCCCCCCCCCCCC(C)C. The average Bonchev–Trinajstić information content (AvgIpc) is 1.00. The van der Waals surface area contributed by atoms with E-state index in [1.54, 1.807) is 0 Å². The molecule has 7 atom stereocenters. The van der Waals surface area contributed by atoms with Crippen molar-refractivity contribution in [3.8, 4) is 0 Å². The zero-order valence-electron chi connectivity index (χ0n) is 66.5. The van der Waals surface area contributed by atoms with Crippen molar-refractivity contribution in [1.82, 2.24) is 0 Å². The Hall–Kier alpha value is -1.94. The molecule has 4 unspecified atom stereocenters. The van der Waals surface area contributed by atoms with E-state index in [1.807, 2.05) is 0 Å². The molecule has 0 saturated heterocycles. The van der Waals surface area contributed by atoms with Crippen LogP contribution in [0.2, 0.25) is 0 Å². The number of aliphatic hydroxyl groups excluding tert-OH is 1. The van der Waals surface area contributed by atoms with Gasteiger partial charge in [0.1, 0.15) is 19.3 Å². The third-order valence-electron chi connectivity index (χ3n) is 19.8. The molecule has 0 saturated carbocycles. The smallest absolute Gasteiger partial charge is 0.462 e. The second-order valence-electron chi connectivity index (χ2n) is 31.0. The number of carbonyl (C=O) groups excluding carboxylic acids is 4. The van der Waals surface area contributed by atoms with Crippen molar-refractivity contribution in [2.24, 2.45) is 23.7 Å². The molecule has 600 valence electrons. The first kappa shape index (κ1) is 99.1. The van der Waals surface area contributed by atoms with Crippen LogP contribution in [0, 0.1) is 23.7 Å². The standard InChI is InChI=1S/C82H160O17P2/c1-9-74(7)60-52-44-36-30-23-19-15-13-11-12-14-16-20-24-32-38-48-56-64-82(87)99-78(69-93-80(85)63-55-47-41-40-45-53-61-75(8)10-2)71-97-101(90,91)95-67-76(83)66-94-100(88,89)96-70-77(68-92-79(84)62-54-46-37-31-27-26-29-35-43-51-59-73(5)6)98-81(86)65-57-49-39-33-25-21-17-18-22-28-34-42-50-58-72(3)4/h72-78,83H,9-71H2,1-8H3,(H,88,89)(H,90,91)/t74?,75?,76-,77-,78-/m1/s1. The van der Waals surface area contributed by atoms with Gasteiger partial charge < -0.3 is 33.8 Å². The van der Waals surface area contributed by atoms with Gasteiger partial charge >= 0.3 is 39.5 Å². The van der Waals surface area contributed by atoms with Crippen molar-refractivity contribution >= 4 is 39.5 Å². The first-order valence-corrected chi connectivity index (χ1v) is 45.3. The molecule has 0 aromatic rings. The minimum Gasteiger partial charge on any atom is -0.462 e. The number of hydrogen-bond acceptors (Lipinski definition) is 15. The number of phosphoric ester groups is 2.